The predicted molar refractivity (Wildman–Crippen MR) is 120 cm³/mol. The minimum Gasteiger partial charge on any atom is -0.382 e. The zero-order valence-corrected chi connectivity index (χ0v) is 17.4. The number of nitrogens with zero attached hydrogens (tertiary/aromatic N) is 3. The van der Waals surface area contributed by atoms with E-state index in [0.717, 1.165) is 47.2 Å². The van der Waals surface area contributed by atoms with E-state index >= 15 is 0 Å². The van der Waals surface area contributed by atoms with Crippen LogP contribution < -0.4 is 5.73 Å². The number of ether oxygens (including phenoxy) is 2. The normalized spacial score (nSPS) is 11.5. The van der Waals surface area contributed by atoms with Crippen molar-refractivity contribution in [2.45, 2.75) is 32.9 Å². The van der Waals surface area contributed by atoms with Gasteiger partial charge in [-0.25, -0.2) is 9.97 Å². The Bertz CT molecular complexity index is 1110. The van der Waals surface area contributed by atoms with E-state index in [2.05, 4.69) is 39.9 Å². The molecule has 0 fully saturated rings. The zero-order chi connectivity index (χ0) is 20.8. The van der Waals surface area contributed by atoms with Crippen molar-refractivity contribution in [1.82, 2.24) is 14.5 Å². The van der Waals surface area contributed by atoms with Gasteiger partial charge in [0.1, 0.15) is 17.9 Å². The minimum atomic E-state index is 0.437. The van der Waals surface area contributed by atoms with Crippen molar-refractivity contribution in [3.8, 4) is 0 Å². The number of hydrogen-bond acceptors (Lipinski definition) is 5. The fourth-order valence-electron chi connectivity index (χ4n) is 3.73. The molecular formula is C24H28N4O2. The number of fused-ring (bicyclic) bond motifs is 3. The standard InChI is InChI=1S/C24H28N4O2/c1-2-29-17-21-27-22-23(19-12-6-7-13-20(19)26-24(22)25)28(21)14-16-30-15-8-11-18-9-4-3-5-10-18/h3-7,9-10,12-13H,2,8,11,14-17H2,1H3,(H2,25,26). The Kier molecular flexibility index (Phi) is 6.57. The first kappa shape index (κ1) is 20.3. The molecule has 0 unspecified atom stereocenters. The van der Waals surface area contributed by atoms with Gasteiger partial charge in [0.25, 0.3) is 0 Å². The topological polar surface area (TPSA) is 75.2 Å². The number of nitrogen functional groups attached to an aromatic ring is 1. The second-order valence-electron chi connectivity index (χ2n) is 7.23. The predicted octanol–water partition coefficient (Wildman–Crippen LogP) is 4.35. The minimum absolute atomic E-state index is 0.437. The van der Waals surface area contributed by atoms with Gasteiger partial charge < -0.3 is 19.8 Å². The summed E-state index contributed by atoms with van der Waals surface area (Å²) in [4.78, 5) is 9.27. The average Bonchev–Trinajstić information content (AvgIpc) is 3.15. The van der Waals surface area contributed by atoms with Gasteiger partial charge in [-0.2, -0.15) is 0 Å². The highest BCUT2D eigenvalue weighted by Crippen LogP contribution is 2.29. The summed E-state index contributed by atoms with van der Waals surface area (Å²) >= 11 is 0. The lowest BCUT2D eigenvalue weighted by Gasteiger charge is -2.11. The number of benzene rings is 2. The Morgan fingerprint density at radius 2 is 1.73 bits per heavy atom. The molecule has 0 amide bonds. The molecule has 4 rings (SSSR count). The molecule has 0 bridgehead atoms. The molecule has 2 N–H and O–H groups in total. The second kappa shape index (κ2) is 9.69. The van der Waals surface area contributed by atoms with Crippen LogP contribution in [0.25, 0.3) is 21.9 Å². The van der Waals surface area contributed by atoms with Crippen molar-refractivity contribution in [1.29, 1.82) is 0 Å². The van der Waals surface area contributed by atoms with E-state index in [0.29, 0.717) is 32.2 Å². The number of para-hydroxylation sites is 1. The van der Waals surface area contributed by atoms with Crippen LogP contribution in [0.2, 0.25) is 0 Å². The van der Waals surface area contributed by atoms with Crippen LogP contribution in [0.15, 0.2) is 54.6 Å². The van der Waals surface area contributed by atoms with Crippen molar-refractivity contribution in [2.24, 2.45) is 0 Å². The maximum Gasteiger partial charge on any atom is 0.152 e. The summed E-state index contributed by atoms with van der Waals surface area (Å²) in [6.07, 6.45) is 2.03. The summed E-state index contributed by atoms with van der Waals surface area (Å²) in [5.41, 5.74) is 10.2. The smallest absolute Gasteiger partial charge is 0.152 e. The van der Waals surface area contributed by atoms with Crippen LogP contribution in [0.4, 0.5) is 5.82 Å². The highest BCUT2D eigenvalue weighted by atomic mass is 16.5. The molecule has 0 aliphatic rings. The van der Waals surface area contributed by atoms with Gasteiger partial charge in [-0.1, -0.05) is 48.5 Å². The highest BCUT2D eigenvalue weighted by molar-refractivity contribution is 6.06. The van der Waals surface area contributed by atoms with Crippen molar-refractivity contribution in [3.63, 3.8) is 0 Å². The molecule has 0 aliphatic carbocycles. The molecule has 30 heavy (non-hydrogen) atoms. The molecule has 2 heterocycles. The highest BCUT2D eigenvalue weighted by Gasteiger charge is 2.17. The van der Waals surface area contributed by atoms with Gasteiger partial charge in [-0.15, -0.1) is 0 Å². The number of rotatable bonds is 10. The average molecular weight is 405 g/mol. The molecule has 6 heteroatoms. The number of anilines is 1. The molecular weight excluding hydrogens is 376 g/mol. The van der Waals surface area contributed by atoms with E-state index in [1.165, 1.54) is 5.56 Å². The Morgan fingerprint density at radius 3 is 2.57 bits per heavy atom. The van der Waals surface area contributed by atoms with Crippen LogP contribution in [-0.4, -0.2) is 34.4 Å². The fraction of sp³-hybridized carbons (Fsp3) is 0.333. The van der Waals surface area contributed by atoms with Gasteiger partial charge in [0.05, 0.1) is 17.6 Å². The fourth-order valence-corrected chi connectivity index (χ4v) is 3.73. The third-order valence-electron chi connectivity index (χ3n) is 5.18. The number of aromatic nitrogens is 3. The number of imidazole rings is 1. The van der Waals surface area contributed by atoms with E-state index in [4.69, 9.17) is 20.2 Å². The molecule has 6 nitrogen and oxygen atoms in total. The quantitative estimate of drug-likeness (QED) is 0.398. The van der Waals surface area contributed by atoms with Gasteiger partial charge >= 0.3 is 0 Å². The van der Waals surface area contributed by atoms with E-state index < -0.39 is 0 Å². The number of nitrogens with two attached hydrogens (primary N) is 1. The van der Waals surface area contributed by atoms with Gasteiger partial charge in [0.2, 0.25) is 0 Å². The number of pyridine rings is 1. The number of aryl methyl sites for hydroxylation is 1. The molecule has 0 saturated carbocycles. The zero-order valence-electron chi connectivity index (χ0n) is 17.4. The summed E-state index contributed by atoms with van der Waals surface area (Å²) in [6.45, 7) is 5.08. The molecule has 0 saturated heterocycles. The molecule has 0 spiro atoms. The monoisotopic (exact) mass is 404 g/mol. The first-order valence-electron chi connectivity index (χ1n) is 10.5. The molecule has 2 aromatic heterocycles. The lowest BCUT2D eigenvalue weighted by Crippen LogP contribution is -2.11. The van der Waals surface area contributed by atoms with Crippen LogP contribution in [0.5, 0.6) is 0 Å². The Balaban J connectivity index is 1.49. The summed E-state index contributed by atoms with van der Waals surface area (Å²) in [7, 11) is 0. The summed E-state index contributed by atoms with van der Waals surface area (Å²) in [6, 6.07) is 18.5. The maximum atomic E-state index is 6.22. The lowest BCUT2D eigenvalue weighted by molar-refractivity contribution is 0.112. The van der Waals surface area contributed by atoms with Crippen molar-refractivity contribution < 1.29 is 9.47 Å². The van der Waals surface area contributed by atoms with Crippen LogP contribution in [0.3, 0.4) is 0 Å². The van der Waals surface area contributed by atoms with Gasteiger partial charge in [0, 0.05) is 25.1 Å². The first-order valence-corrected chi connectivity index (χ1v) is 10.5. The third-order valence-corrected chi connectivity index (χ3v) is 5.18. The summed E-state index contributed by atoms with van der Waals surface area (Å²) < 4.78 is 13.8. The molecule has 4 aromatic rings. The van der Waals surface area contributed by atoms with E-state index in [1.807, 2.05) is 31.2 Å². The summed E-state index contributed by atoms with van der Waals surface area (Å²) in [5, 5.41) is 1.04. The lowest BCUT2D eigenvalue weighted by atomic mass is 10.1. The van der Waals surface area contributed by atoms with E-state index in [1.54, 1.807) is 0 Å². The largest absolute Gasteiger partial charge is 0.382 e. The Hall–Kier alpha value is -2.96. The Morgan fingerprint density at radius 1 is 0.933 bits per heavy atom. The van der Waals surface area contributed by atoms with E-state index in [9.17, 15) is 0 Å². The van der Waals surface area contributed by atoms with Crippen LogP contribution in [0, 0.1) is 0 Å². The molecule has 156 valence electrons. The van der Waals surface area contributed by atoms with Crippen molar-refractivity contribution >= 4 is 27.8 Å². The van der Waals surface area contributed by atoms with Crippen LogP contribution in [-0.2, 0) is 29.0 Å². The van der Waals surface area contributed by atoms with E-state index in [-0.39, 0.29) is 0 Å². The van der Waals surface area contributed by atoms with Crippen LogP contribution in [0.1, 0.15) is 24.7 Å². The van der Waals surface area contributed by atoms with Gasteiger partial charge in [-0.3, -0.25) is 0 Å². The van der Waals surface area contributed by atoms with Crippen molar-refractivity contribution in [2.75, 3.05) is 25.6 Å². The van der Waals surface area contributed by atoms with Crippen LogP contribution >= 0.6 is 0 Å². The van der Waals surface area contributed by atoms with Gasteiger partial charge in [0.15, 0.2) is 5.82 Å². The second-order valence-corrected chi connectivity index (χ2v) is 7.23. The molecule has 2 aromatic carbocycles. The molecule has 0 atom stereocenters. The number of hydrogen-bond donors (Lipinski definition) is 1. The van der Waals surface area contributed by atoms with Crippen molar-refractivity contribution in [3.05, 3.63) is 66.0 Å². The van der Waals surface area contributed by atoms with Gasteiger partial charge in [-0.05, 0) is 31.4 Å². The Labute approximate surface area is 176 Å². The SMILES string of the molecule is CCOCc1nc2c(N)nc3ccccc3c2n1CCOCCCc1ccccc1. The molecule has 0 radical (unpaired) electrons. The molecule has 0 aliphatic heterocycles. The third kappa shape index (κ3) is 4.45. The first-order chi connectivity index (χ1) is 14.8. The maximum absolute atomic E-state index is 6.22. The summed E-state index contributed by atoms with van der Waals surface area (Å²) in [5.74, 6) is 1.30.